The quantitative estimate of drug-likeness (QED) is 0.588. The molecule has 0 N–H and O–H groups in total. The van der Waals surface area contributed by atoms with E-state index in [1.165, 1.54) is 0 Å². The second kappa shape index (κ2) is 4.11. The molecular formula is C18H17Cl. The molecule has 2 aromatic rings. The summed E-state index contributed by atoms with van der Waals surface area (Å²) in [6, 6.07) is 13.1. The van der Waals surface area contributed by atoms with Crippen LogP contribution in [0.4, 0.5) is 0 Å². The summed E-state index contributed by atoms with van der Waals surface area (Å²) < 4.78 is 35.0. The Kier molecular flexibility index (Phi) is 1.76. The van der Waals surface area contributed by atoms with E-state index in [-0.39, 0.29) is 0 Å². The van der Waals surface area contributed by atoms with Gasteiger partial charge in [-0.3, -0.25) is 0 Å². The zero-order chi connectivity index (χ0) is 16.5. The highest BCUT2D eigenvalue weighted by atomic mass is 35.5. The van der Waals surface area contributed by atoms with Crippen LogP contribution in [0.15, 0.2) is 42.5 Å². The molecule has 0 radical (unpaired) electrons. The van der Waals surface area contributed by atoms with Gasteiger partial charge in [0.15, 0.2) is 0 Å². The van der Waals surface area contributed by atoms with Crippen molar-refractivity contribution in [3.63, 3.8) is 0 Å². The Balaban J connectivity index is 2.18. The molecule has 19 heavy (non-hydrogen) atoms. The van der Waals surface area contributed by atoms with Crippen LogP contribution in [0.25, 0.3) is 11.1 Å². The molecule has 1 saturated carbocycles. The van der Waals surface area contributed by atoms with Crippen molar-refractivity contribution >= 4 is 11.6 Å². The first-order valence-corrected chi connectivity index (χ1v) is 7.09. The third kappa shape index (κ3) is 1.53. The summed E-state index contributed by atoms with van der Waals surface area (Å²) in [4.78, 5) is 0. The minimum absolute atomic E-state index is 0.354. The Morgan fingerprint density at radius 3 is 2.47 bits per heavy atom. The Hall–Kier alpha value is -1.27. The number of hydrogen-bond donors (Lipinski definition) is 0. The predicted octanol–water partition coefficient (Wildman–Crippen LogP) is 5.57. The molecule has 1 spiro atoms. The van der Waals surface area contributed by atoms with Crippen LogP contribution >= 0.6 is 11.6 Å². The SMILES string of the molecule is [2H]C1([2H])CCCC([2H])([2H])C12c1ccccc1-c1ccc(Cl)cc12. The molecule has 1 heteroatoms. The van der Waals surface area contributed by atoms with Crippen LogP contribution in [0.2, 0.25) is 5.02 Å². The minimum Gasteiger partial charge on any atom is -0.0843 e. The van der Waals surface area contributed by atoms with E-state index in [0.29, 0.717) is 29.8 Å². The third-order valence-corrected chi connectivity index (χ3v) is 4.38. The van der Waals surface area contributed by atoms with E-state index >= 15 is 0 Å². The lowest BCUT2D eigenvalue weighted by Gasteiger charge is -2.36. The molecule has 0 unspecified atom stereocenters. The van der Waals surface area contributed by atoms with E-state index < -0.39 is 18.2 Å². The van der Waals surface area contributed by atoms with Gasteiger partial charge >= 0.3 is 0 Å². The van der Waals surface area contributed by atoms with Crippen LogP contribution in [0, 0.1) is 0 Å². The molecule has 0 aromatic heterocycles. The molecule has 4 rings (SSSR count). The van der Waals surface area contributed by atoms with Crippen LogP contribution in [-0.2, 0) is 5.41 Å². The fourth-order valence-electron chi connectivity index (χ4n) is 3.34. The van der Waals surface area contributed by atoms with Crippen molar-refractivity contribution in [3.05, 3.63) is 58.6 Å². The number of hydrogen-bond acceptors (Lipinski definition) is 0. The second-order valence-corrected chi connectivity index (χ2v) is 5.63. The van der Waals surface area contributed by atoms with E-state index in [1.54, 1.807) is 12.1 Å². The van der Waals surface area contributed by atoms with Crippen LogP contribution in [0.1, 0.15) is 48.6 Å². The molecule has 0 bridgehead atoms. The average Bonchev–Trinajstić information content (AvgIpc) is 2.76. The molecule has 0 amide bonds. The van der Waals surface area contributed by atoms with Gasteiger partial charge in [0.2, 0.25) is 0 Å². The summed E-state index contributed by atoms with van der Waals surface area (Å²) in [6.07, 6.45) is -2.07. The first kappa shape index (κ1) is 8.11. The molecule has 0 saturated heterocycles. The number of rotatable bonds is 0. The zero-order valence-electron chi connectivity index (χ0n) is 14.5. The van der Waals surface area contributed by atoms with Gasteiger partial charge in [-0.1, -0.05) is 61.2 Å². The van der Waals surface area contributed by atoms with Gasteiger partial charge in [0.25, 0.3) is 0 Å². The average molecular weight is 273 g/mol. The first-order chi connectivity index (χ1) is 10.8. The molecule has 0 nitrogen and oxygen atoms in total. The minimum atomic E-state index is -1.67. The Bertz CT molecular complexity index is 781. The largest absolute Gasteiger partial charge is 0.0843 e. The Morgan fingerprint density at radius 2 is 1.63 bits per heavy atom. The first-order valence-electron chi connectivity index (χ1n) is 8.71. The Labute approximate surface area is 125 Å². The molecule has 2 aromatic carbocycles. The van der Waals surface area contributed by atoms with Gasteiger partial charge in [-0.25, -0.2) is 0 Å². The highest BCUT2D eigenvalue weighted by Crippen LogP contribution is 2.55. The number of fused-ring (bicyclic) bond motifs is 5. The molecule has 2 aliphatic carbocycles. The van der Waals surface area contributed by atoms with Gasteiger partial charge in [0.1, 0.15) is 0 Å². The van der Waals surface area contributed by atoms with Crippen LogP contribution < -0.4 is 0 Å². The fraction of sp³-hybridized carbons (Fsp3) is 0.333. The molecule has 0 heterocycles. The van der Waals surface area contributed by atoms with Gasteiger partial charge in [0, 0.05) is 15.9 Å². The standard InChI is InChI=1S/C18H17Cl/c19-13-8-9-15-14-6-2-3-7-16(14)18(17(15)12-13)10-4-1-5-11-18/h2-3,6-9,12H,1,4-5,10-11H2/i10D2,11D2. The Morgan fingerprint density at radius 1 is 0.895 bits per heavy atom. The zero-order valence-corrected chi connectivity index (χ0v) is 11.3. The summed E-state index contributed by atoms with van der Waals surface area (Å²) in [7, 11) is 0. The van der Waals surface area contributed by atoms with Crippen molar-refractivity contribution in [1.82, 2.24) is 0 Å². The van der Waals surface area contributed by atoms with Crippen molar-refractivity contribution in [3.8, 4) is 11.1 Å². The summed E-state index contributed by atoms with van der Waals surface area (Å²) in [5.41, 5.74) is 1.98. The summed E-state index contributed by atoms with van der Waals surface area (Å²) in [5.74, 6) is 0. The van der Waals surface area contributed by atoms with E-state index in [2.05, 4.69) is 0 Å². The van der Waals surface area contributed by atoms with E-state index in [0.717, 1.165) is 16.7 Å². The smallest absolute Gasteiger partial charge is 0.0409 e. The predicted molar refractivity (Wildman–Crippen MR) is 80.8 cm³/mol. The van der Waals surface area contributed by atoms with Crippen LogP contribution in [0.5, 0.6) is 0 Å². The maximum Gasteiger partial charge on any atom is 0.0409 e. The normalized spacial score (nSPS) is 27.6. The summed E-state index contributed by atoms with van der Waals surface area (Å²) in [6.45, 7) is 0. The highest BCUT2D eigenvalue weighted by Gasteiger charge is 2.43. The van der Waals surface area contributed by atoms with Crippen molar-refractivity contribution in [2.45, 2.75) is 37.4 Å². The van der Waals surface area contributed by atoms with Crippen molar-refractivity contribution in [2.75, 3.05) is 0 Å². The van der Waals surface area contributed by atoms with Crippen LogP contribution in [0.3, 0.4) is 0 Å². The lowest BCUT2D eigenvalue weighted by molar-refractivity contribution is 0.353. The molecule has 0 atom stereocenters. The van der Waals surface area contributed by atoms with Crippen molar-refractivity contribution in [2.24, 2.45) is 0 Å². The maximum absolute atomic E-state index is 8.74. The third-order valence-electron chi connectivity index (χ3n) is 4.14. The molecule has 1 fully saturated rings. The van der Waals surface area contributed by atoms with Gasteiger partial charge in [-0.05, 0) is 47.1 Å². The maximum atomic E-state index is 8.74. The second-order valence-electron chi connectivity index (χ2n) is 5.19. The molecule has 0 aliphatic heterocycles. The topological polar surface area (TPSA) is 0 Å². The molecule has 96 valence electrons. The monoisotopic (exact) mass is 272 g/mol. The lowest BCUT2D eigenvalue weighted by atomic mass is 9.68. The fourth-order valence-corrected chi connectivity index (χ4v) is 3.51. The molecule has 2 aliphatic rings. The lowest BCUT2D eigenvalue weighted by Crippen LogP contribution is -2.27. The van der Waals surface area contributed by atoms with Crippen LogP contribution in [-0.4, -0.2) is 0 Å². The van der Waals surface area contributed by atoms with E-state index in [9.17, 15) is 0 Å². The van der Waals surface area contributed by atoms with Gasteiger partial charge in [-0.2, -0.15) is 0 Å². The number of benzene rings is 2. The highest BCUT2D eigenvalue weighted by molar-refractivity contribution is 6.30. The van der Waals surface area contributed by atoms with Crippen molar-refractivity contribution < 1.29 is 5.48 Å². The van der Waals surface area contributed by atoms with Gasteiger partial charge in [-0.15, -0.1) is 0 Å². The van der Waals surface area contributed by atoms with E-state index in [1.807, 2.05) is 30.3 Å². The summed E-state index contributed by atoms with van der Waals surface area (Å²) >= 11 is 6.21. The van der Waals surface area contributed by atoms with E-state index in [4.69, 9.17) is 17.1 Å². The number of halogens is 1. The van der Waals surface area contributed by atoms with Gasteiger partial charge < -0.3 is 0 Å². The van der Waals surface area contributed by atoms with Gasteiger partial charge in [0.05, 0.1) is 0 Å². The van der Waals surface area contributed by atoms with Crippen molar-refractivity contribution in [1.29, 1.82) is 0 Å². The summed E-state index contributed by atoms with van der Waals surface area (Å²) in [5, 5.41) is 0.521. The molecular weight excluding hydrogens is 252 g/mol.